The highest BCUT2D eigenvalue weighted by atomic mass is 79.9. The number of benzene rings is 1. The molecule has 1 heterocycles. The standard InChI is InChI=1S/C14H20BrNO3/c1-17-12-7-10(11(15)8-13(12)18-2)14(16)9-3-5-19-6-4-9/h7-9,14H,3-6,16H2,1-2H3/t14-/m1/s1. The Labute approximate surface area is 122 Å². The molecule has 0 bridgehead atoms. The van der Waals surface area contributed by atoms with Gasteiger partial charge in [0.15, 0.2) is 11.5 Å². The van der Waals surface area contributed by atoms with Crippen molar-refractivity contribution in [3.8, 4) is 11.5 Å². The molecule has 0 saturated carbocycles. The molecule has 5 heteroatoms. The van der Waals surface area contributed by atoms with Crippen LogP contribution in [0.25, 0.3) is 0 Å². The molecule has 1 aliphatic heterocycles. The first-order valence-corrected chi connectivity index (χ1v) is 7.21. The van der Waals surface area contributed by atoms with Crippen molar-refractivity contribution in [3.63, 3.8) is 0 Å². The van der Waals surface area contributed by atoms with Gasteiger partial charge < -0.3 is 19.9 Å². The summed E-state index contributed by atoms with van der Waals surface area (Å²) in [6.07, 6.45) is 2.00. The van der Waals surface area contributed by atoms with Gasteiger partial charge in [0, 0.05) is 23.7 Å². The van der Waals surface area contributed by atoms with Crippen LogP contribution in [0.15, 0.2) is 16.6 Å². The third-order valence-corrected chi connectivity index (χ3v) is 4.32. The lowest BCUT2D eigenvalue weighted by Gasteiger charge is -2.28. The van der Waals surface area contributed by atoms with E-state index in [9.17, 15) is 0 Å². The summed E-state index contributed by atoms with van der Waals surface area (Å²) < 4.78 is 17.0. The largest absolute Gasteiger partial charge is 0.493 e. The summed E-state index contributed by atoms with van der Waals surface area (Å²) in [4.78, 5) is 0. The Morgan fingerprint density at radius 3 is 2.37 bits per heavy atom. The molecule has 19 heavy (non-hydrogen) atoms. The number of rotatable bonds is 4. The highest BCUT2D eigenvalue weighted by Crippen LogP contribution is 2.39. The smallest absolute Gasteiger partial charge is 0.161 e. The Kier molecular flexibility index (Phi) is 5.07. The zero-order chi connectivity index (χ0) is 13.8. The summed E-state index contributed by atoms with van der Waals surface area (Å²) >= 11 is 3.57. The maximum absolute atomic E-state index is 6.40. The molecule has 1 atom stereocenters. The highest BCUT2D eigenvalue weighted by molar-refractivity contribution is 9.10. The van der Waals surface area contributed by atoms with Crippen molar-refractivity contribution in [1.29, 1.82) is 0 Å². The summed E-state index contributed by atoms with van der Waals surface area (Å²) in [6.45, 7) is 1.59. The number of hydrogen-bond donors (Lipinski definition) is 1. The first-order valence-electron chi connectivity index (χ1n) is 6.42. The molecule has 0 amide bonds. The van der Waals surface area contributed by atoms with Crippen LogP contribution >= 0.6 is 15.9 Å². The first kappa shape index (κ1) is 14.6. The van der Waals surface area contributed by atoms with E-state index < -0.39 is 0 Å². The molecule has 1 aromatic carbocycles. The van der Waals surface area contributed by atoms with Crippen LogP contribution in [0.4, 0.5) is 0 Å². The van der Waals surface area contributed by atoms with Crippen molar-refractivity contribution in [3.05, 3.63) is 22.2 Å². The van der Waals surface area contributed by atoms with E-state index in [0.29, 0.717) is 17.4 Å². The number of ether oxygens (including phenoxy) is 3. The predicted octanol–water partition coefficient (Wildman–Crippen LogP) is 2.89. The van der Waals surface area contributed by atoms with Gasteiger partial charge in [-0.05, 0) is 36.5 Å². The first-order chi connectivity index (χ1) is 9.17. The number of nitrogens with two attached hydrogens (primary N) is 1. The average Bonchev–Trinajstić information content (AvgIpc) is 2.47. The second-order valence-corrected chi connectivity index (χ2v) is 5.56. The molecular weight excluding hydrogens is 310 g/mol. The van der Waals surface area contributed by atoms with Gasteiger partial charge in [0.25, 0.3) is 0 Å². The summed E-state index contributed by atoms with van der Waals surface area (Å²) in [6, 6.07) is 3.86. The van der Waals surface area contributed by atoms with Gasteiger partial charge in [0.2, 0.25) is 0 Å². The monoisotopic (exact) mass is 329 g/mol. The third-order valence-electron chi connectivity index (χ3n) is 3.64. The fourth-order valence-electron chi connectivity index (χ4n) is 2.45. The SMILES string of the molecule is COc1cc(Br)c([C@H](N)C2CCOCC2)cc1OC. The van der Waals surface area contributed by atoms with Crippen LogP contribution in [0.5, 0.6) is 11.5 Å². The number of methoxy groups -OCH3 is 2. The Bertz CT molecular complexity index is 433. The molecule has 1 fully saturated rings. The minimum Gasteiger partial charge on any atom is -0.493 e. The van der Waals surface area contributed by atoms with Gasteiger partial charge in [-0.25, -0.2) is 0 Å². The lowest BCUT2D eigenvalue weighted by molar-refractivity contribution is 0.0583. The molecule has 0 unspecified atom stereocenters. The molecule has 1 aliphatic rings. The van der Waals surface area contributed by atoms with E-state index in [0.717, 1.165) is 36.1 Å². The van der Waals surface area contributed by atoms with E-state index in [4.69, 9.17) is 19.9 Å². The fraction of sp³-hybridized carbons (Fsp3) is 0.571. The van der Waals surface area contributed by atoms with Crippen LogP contribution in [-0.2, 0) is 4.74 Å². The van der Waals surface area contributed by atoms with Crippen molar-refractivity contribution < 1.29 is 14.2 Å². The zero-order valence-corrected chi connectivity index (χ0v) is 12.9. The van der Waals surface area contributed by atoms with Crippen LogP contribution < -0.4 is 15.2 Å². The van der Waals surface area contributed by atoms with E-state index in [1.165, 1.54) is 0 Å². The summed E-state index contributed by atoms with van der Waals surface area (Å²) in [5, 5.41) is 0. The van der Waals surface area contributed by atoms with E-state index >= 15 is 0 Å². The van der Waals surface area contributed by atoms with Crippen molar-refractivity contribution in [1.82, 2.24) is 0 Å². The molecule has 0 aliphatic carbocycles. The van der Waals surface area contributed by atoms with Gasteiger partial charge in [0.05, 0.1) is 14.2 Å². The Hall–Kier alpha value is -0.780. The molecule has 2 N–H and O–H groups in total. The Morgan fingerprint density at radius 2 is 1.79 bits per heavy atom. The molecule has 2 rings (SSSR count). The van der Waals surface area contributed by atoms with Crippen LogP contribution in [-0.4, -0.2) is 27.4 Å². The molecular formula is C14H20BrNO3. The molecule has 0 radical (unpaired) electrons. The quantitative estimate of drug-likeness (QED) is 0.922. The molecule has 1 saturated heterocycles. The third kappa shape index (κ3) is 3.22. The van der Waals surface area contributed by atoms with Gasteiger partial charge in [-0.3, -0.25) is 0 Å². The van der Waals surface area contributed by atoms with Crippen LogP contribution in [0.1, 0.15) is 24.4 Å². The van der Waals surface area contributed by atoms with Crippen LogP contribution in [0.2, 0.25) is 0 Å². The topological polar surface area (TPSA) is 53.7 Å². The van der Waals surface area contributed by atoms with E-state index in [1.807, 2.05) is 12.1 Å². The van der Waals surface area contributed by atoms with Crippen molar-refractivity contribution in [2.24, 2.45) is 11.7 Å². The molecule has 0 spiro atoms. The van der Waals surface area contributed by atoms with Gasteiger partial charge in [-0.1, -0.05) is 15.9 Å². The van der Waals surface area contributed by atoms with Gasteiger partial charge >= 0.3 is 0 Å². The van der Waals surface area contributed by atoms with Crippen molar-refractivity contribution in [2.45, 2.75) is 18.9 Å². The average molecular weight is 330 g/mol. The normalized spacial score (nSPS) is 18.1. The fourth-order valence-corrected chi connectivity index (χ4v) is 3.04. The summed E-state index contributed by atoms with van der Waals surface area (Å²) in [5.74, 6) is 1.86. The van der Waals surface area contributed by atoms with E-state index in [-0.39, 0.29) is 6.04 Å². The Morgan fingerprint density at radius 1 is 1.21 bits per heavy atom. The zero-order valence-electron chi connectivity index (χ0n) is 11.3. The van der Waals surface area contributed by atoms with Gasteiger partial charge in [-0.2, -0.15) is 0 Å². The second-order valence-electron chi connectivity index (χ2n) is 4.70. The predicted molar refractivity (Wildman–Crippen MR) is 77.7 cm³/mol. The van der Waals surface area contributed by atoms with E-state index in [1.54, 1.807) is 14.2 Å². The summed E-state index contributed by atoms with van der Waals surface area (Å²) in [5.41, 5.74) is 7.46. The minimum absolute atomic E-state index is 0.0157. The number of halogens is 1. The van der Waals surface area contributed by atoms with E-state index in [2.05, 4.69) is 15.9 Å². The minimum atomic E-state index is -0.0157. The lowest BCUT2D eigenvalue weighted by atomic mass is 9.87. The molecule has 4 nitrogen and oxygen atoms in total. The van der Waals surface area contributed by atoms with Gasteiger partial charge in [0.1, 0.15) is 0 Å². The van der Waals surface area contributed by atoms with Crippen LogP contribution in [0.3, 0.4) is 0 Å². The summed E-state index contributed by atoms with van der Waals surface area (Å²) in [7, 11) is 3.26. The van der Waals surface area contributed by atoms with Crippen LogP contribution in [0, 0.1) is 5.92 Å². The Balaban J connectivity index is 2.27. The van der Waals surface area contributed by atoms with Crippen molar-refractivity contribution in [2.75, 3.05) is 27.4 Å². The number of hydrogen-bond acceptors (Lipinski definition) is 4. The van der Waals surface area contributed by atoms with Crippen molar-refractivity contribution >= 4 is 15.9 Å². The molecule has 0 aromatic heterocycles. The maximum Gasteiger partial charge on any atom is 0.161 e. The maximum atomic E-state index is 6.40. The second kappa shape index (κ2) is 6.59. The molecule has 1 aromatic rings. The highest BCUT2D eigenvalue weighted by Gasteiger charge is 2.25. The lowest BCUT2D eigenvalue weighted by Crippen LogP contribution is -2.27. The molecule has 106 valence electrons. The van der Waals surface area contributed by atoms with Gasteiger partial charge in [-0.15, -0.1) is 0 Å².